The van der Waals surface area contributed by atoms with Crippen molar-refractivity contribution in [2.75, 3.05) is 6.54 Å². The van der Waals surface area contributed by atoms with Crippen LogP contribution >= 0.6 is 0 Å². The van der Waals surface area contributed by atoms with Crippen LogP contribution in [0.3, 0.4) is 0 Å². The number of ether oxygens (including phenoxy) is 1. The van der Waals surface area contributed by atoms with E-state index in [4.69, 9.17) is 4.74 Å². The van der Waals surface area contributed by atoms with Crippen molar-refractivity contribution in [2.45, 2.75) is 71.7 Å². The van der Waals surface area contributed by atoms with Gasteiger partial charge in [0.1, 0.15) is 5.60 Å². The molecule has 1 fully saturated rings. The molecule has 0 spiro atoms. The predicted octanol–water partition coefficient (Wildman–Crippen LogP) is 3.87. The van der Waals surface area contributed by atoms with E-state index in [0.717, 1.165) is 25.9 Å². The third-order valence-electron chi connectivity index (χ3n) is 4.31. The molecule has 0 radical (unpaired) electrons. The second-order valence-electron chi connectivity index (χ2n) is 7.53. The molecule has 4 nitrogen and oxygen atoms in total. The molecule has 128 valence electrons. The minimum absolute atomic E-state index is 0.143. The fraction of sp³-hybridized carbons (Fsp3) is 0.632. The molecule has 2 unspecified atom stereocenters. The van der Waals surface area contributed by atoms with Crippen molar-refractivity contribution < 1.29 is 9.53 Å². The van der Waals surface area contributed by atoms with E-state index in [1.54, 1.807) is 0 Å². The molecule has 1 aliphatic heterocycles. The van der Waals surface area contributed by atoms with Gasteiger partial charge in [-0.2, -0.15) is 0 Å². The number of nitrogens with one attached hydrogen (secondary N) is 1. The molecule has 2 rings (SSSR count). The first kappa shape index (κ1) is 17.8. The third-order valence-corrected chi connectivity index (χ3v) is 4.31. The SMILES string of the molecule is Cc1ccc(CNC2CCCN(C(=O)OC(C)(C)C)C2C)cc1. The zero-order chi connectivity index (χ0) is 17.0. The second kappa shape index (κ2) is 7.35. The maximum Gasteiger partial charge on any atom is 0.410 e. The highest BCUT2D eigenvalue weighted by atomic mass is 16.6. The van der Waals surface area contributed by atoms with Crippen LogP contribution in [-0.2, 0) is 11.3 Å². The van der Waals surface area contributed by atoms with Gasteiger partial charge in [-0.05, 0) is 53.0 Å². The van der Waals surface area contributed by atoms with Crippen molar-refractivity contribution >= 4 is 6.09 Å². The van der Waals surface area contributed by atoms with Gasteiger partial charge in [-0.3, -0.25) is 0 Å². The van der Waals surface area contributed by atoms with E-state index >= 15 is 0 Å². The number of carbonyl (C=O) groups excluding carboxylic acids is 1. The van der Waals surface area contributed by atoms with E-state index in [9.17, 15) is 4.79 Å². The molecule has 0 aliphatic carbocycles. The first-order valence-electron chi connectivity index (χ1n) is 8.55. The first-order chi connectivity index (χ1) is 10.8. The average Bonchev–Trinajstić information content (AvgIpc) is 2.46. The van der Waals surface area contributed by atoms with Crippen LogP contribution in [0.2, 0.25) is 0 Å². The van der Waals surface area contributed by atoms with Crippen LogP contribution in [0.25, 0.3) is 0 Å². The molecule has 1 aromatic rings. The highest BCUT2D eigenvalue weighted by Crippen LogP contribution is 2.21. The van der Waals surface area contributed by atoms with Gasteiger partial charge >= 0.3 is 6.09 Å². The summed E-state index contributed by atoms with van der Waals surface area (Å²) in [5, 5.41) is 3.61. The average molecular weight is 318 g/mol. The Bertz CT molecular complexity index is 519. The Balaban J connectivity index is 1.92. The largest absolute Gasteiger partial charge is 0.444 e. The van der Waals surface area contributed by atoms with Gasteiger partial charge in [-0.1, -0.05) is 29.8 Å². The maximum atomic E-state index is 12.4. The summed E-state index contributed by atoms with van der Waals surface area (Å²) in [5.41, 5.74) is 2.10. The van der Waals surface area contributed by atoms with Crippen molar-refractivity contribution in [3.05, 3.63) is 35.4 Å². The van der Waals surface area contributed by atoms with E-state index < -0.39 is 5.60 Å². The number of benzene rings is 1. The Morgan fingerprint density at radius 1 is 1.30 bits per heavy atom. The standard InChI is InChI=1S/C19H30N2O2/c1-14-8-10-16(11-9-14)13-20-17-7-6-12-21(15(17)2)18(22)23-19(3,4)5/h8-11,15,17,20H,6-7,12-13H2,1-5H3. The molecule has 23 heavy (non-hydrogen) atoms. The molecular weight excluding hydrogens is 288 g/mol. The van der Waals surface area contributed by atoms with Gasteiger partial charge in [-0.25, -0.2) is 4.79 Å². The number of aryl methyl sites for hydroxylation is 1. The summed E-state index contributed by atoms with van der Waals surface area (Å²) in [6, 6.07) is 9.02. The fourth-order valence-corrected chi connectivity index (χ4v) is 2.95. The lowest BCUT2D eigenvalue weighted by Crippen LogP contribution is -2.55. The van der Waals surface area contributed by atoms with Crippen molar-refractivity contribution in [3.63, 3.8) is 0 Å². The molecule has 1 saturated heterocycles. The number of amides is 1. The lowest BCUT2D eigenvalue weighted by Gasteiger charge is -2.40. The molecule has 0 bridgehead atoms. The molecule has 1 amide bonds. The number of hydrogen-bond donors (Lipinski definition) is 1. The number of rotatable bonds is 3. The minimum Gasteiger partial charge on any atom is -0.444 e. The van der Waals surface area contributed by atoms with Gasteiger partial charge in [-0.15, -0.1) is 0 Å². The monoisotopic (exact) mass is 318 g/mol. The zero-order valence-electron chi connectivity index (χ0n) is 15.1. The smallest absolute Gasteiger partial charge is 0.410 e. The molecule has 4 heteroatoms. The van der Waals surface area contributed by atoms with Gasteiger partial charge in [0.05, 0.1) is 0 Å². The van der Waals surface area contributed by atoms with Gasteiger partial charge < -0.3 is 15.0 Å². The Labute approximate surface area is 140 Å². The molecular formula is C19H30N2O2. The number of piperidine rings is 1. The topological polar surface area (TPSA) is 41.6 Å². The summed E-state index contributed by atoms with van der Waals surface area (Å²) < 4.78 is 5.53. The van der Waals surface area contributed by atoms with Crippen molar-refractivity contribution in [1.29, 1.82) is 0 Å². The fourth-order valence-electron chi connectivity index (χ4n) is 2.95. The lowest BCUT2D eigenvalue weighted by molar-refractivity contribution is 0.00699. The van der Waals surface area contributed by atoms with Gasteiger partial charge in [0, 0.05) is 25.2 Å². The van der Waals surface area contributed by atoms with E-state index in [-0.39, 0.29) is 12.1 Å². The van der Waals surface area contributed by atoms with E-state index in [1.807, 2.05) is 25.7 Å². The zero-order valence-corrected chi connectivity index (χ0v) is 15.1. The summed E-state index contributed by atoms with van der Waals surface area (Å²) in [6.07, 6.45) is 1.90. The number of carbonyl (C=O) groups is 1. The van der Waals surface area contributed by atoms with Crippen molar-refractivity contribution in [1.82, 2.24) is 10.2 Å². The summed E-state index contributed by atoms with van der Waals surface area (Å²) in [4.78, 5) is 14.2. The van der Waals surface area contributed by atoms with Gasteiger partial charge in [0.25, 0.3) is 0 Å². The Hall–Kier alpha value is -1.55. The van der Waals surface area contributed by atoms with E-state index in [2.05, 4.69) is 43.4 Å². The molecule has 1 N–H and O–H groups in total. The molecule has 0 saturated carbocycles. The highest BCUT2D eigenvalue weighted by molar-refractivity contribution is 5.68. The maximum absolute atomic E-state index is 12.4. The molecule has 0 aromatic heterocycles. The first-order valence-corrected chi connectivity index (χ1v) is 8.55. The minimum atomic E-state index is -0.445. The van der Waals surface area contributed by atoms with Crippen LogP contribution in [0.15, 0.2) is 24.3 Å². The second-order valence-corrected chi connectivity index (χ2v) is 7.53. The van der Waals surface area contributed by atoms with E-state index in [1.165, 1.54) is 11.1 Å². The Morgan fingerprint density at radius 2 is 1.96 bits per heavy atom. The predicted molar refractivity (Wildman–Crippen MR) is 93.4 cm³/mol. The molecule has 1 aromatic carbocycles. The highest BCUT2D eigenvalue weighted by Gasteiger charge is 2.33. The summed E-state index contributed by atoms with van der Waals surface area (Å²) in [5.74, 6) is 0. The van der Waals surface area contributed by atoms with Crippen LogP contribution in [0, 0.1) is 6.92 Å². The van der Waals surface area contributed by atoms with Gasteiger partial charge in [0.2, 0.25) is 0 Å². The van der Waals surface area contributed by atoms with Gasteiger partial charge in [0.15, 0.2) is 0 Å². The Morgan fingerprint density at radius 3 is 2.57 bits per heavy atom. The molecule has 1 heterocycles. The normalized spacial score (nSPS) is 22.0. The number of likely N-dealkylation sites (tertiary alicyclic amines) is 1. The third kappa shape index (κ3) is 5.24. The number of hydrogen-bond acceptors (Lipinski definition) is 3. The van der Waals surface area contributed by atoms with Crippen LogP contribution in [-0.4, -0.2) is 35.2 Å². The summed E-state index contributed by atoms with van der Waals surface area (Å²) >= 11 is 0. The molecule has 1 aliphatic rings. The summed E-state index contributed by atoms with van der Waals surface area (Å²) in [6.45, 7) is 11.5. The van der Waals surface area contributed by atoms with Crippen molar-refractivity contribution in [2.24, 2.45) is 0 Å². The van der Waals surface area contributed by atoms with Crippen LogP contribution in [0.1, 0.15) is 51.7 Å². The quantitative estimate of drug-likeness (QED) is 0.920. The molecule has 2 atom stereocenters. The summed E-state index contributed by atoms with van der Waals surface area (Å²) in [7, 11) is 0. The van der Waals surface area contributed by atoms with Crippen molar-refractivity contribution in [3.8, 4) is 0 Å². The Kier molecular flexibility index (Phi) is 5.69. The van der Waals surface area contributed by atoms with Crippen LogP contribution < -0.4 is 5.32 Å². The lowest BCUT2D eigenvalue weighted by atomic mass is 9.97. The number of nitrogens with zero attached hydrogens (tertiary/aromatic N) is 1. The van der Waals surface area contributed by atoms with Crippen LogP contribution in [0.5, 0.6) is 0 Å². The van der Waals surface area contributed by atoms with Crippen LogP contribution in [0.4, 0.5) is 4.79 Å². The van der Waals surface area contributed by atoms with E-state index in [0.29, 0.717) is 6.04 Å².